The van der Waals surface area contributed by atoms with Crippen molar-refractivity contribution in [1.29, 1.82) is 0 Å². The molecule has 3 nitrogen and oxygen atoms in total. The zero-order chi connectivity index (χ0) is 18.0. The predicted molar refractivity (Wildman–Crippen MR) is 103 cm³/mol. The van der Waals surface area contributed by atoms with Crippen LogP contribution in [0.5, 0.6) is 0 Å². The van der Waals surface area contributed by atoms with E-state index in [2.05, 4.69) is 43.6 Å². The molecule has 1 heterocycles. The summed E-state index contributed by atoms with van der Waals surface area (Å²) in [6.45, 7) is 8.18. The lowest BCUT2D eigenvalue weighted by atomic mass is 9.65. The van der Waals surface area contributed by atoms with Crippen LogP contribution in [0.15, 0.2) is 30.9 Å². The maximum atomic E-state index is 11.6. The monoisotopic (exact) mass is 339 g/mol. The highest BCUT2D eigenvalue weighted by Gasteiger charge is 2.42. The topological polar surface area (TPSA) is 53.1 Å². The summed E-state index contributed by atoms with van der Waals surface area (Å²) in [5.74, 6) is -0.214. The van der Waals surface area contributed by atoms with Gasteiger partial charge in [0.25, 0.3) is 0 Å². The van der Waals surface area contributed by atoms with Crippen LogP contribution in [0.4, 0.5) is 0 Å². The van der Waals surface area contributed by atoms with Crippen LogP contribution in [0.3, 0.4) is 0 Å². The van der Waals surface area contributed by atoms with Crippen molar-refractivity contribution < 1.29 is 9.90 Å². The van der Waals surface area contributed by atoms with Crippen LogP contribution in [0.1, 0.15) is 75.1 Å². The number of aliphatic carboxylic acids is 1. The normalized spacial score (nSPS) is 22.7. The van der Waals surface area contributed by atoms with Crippen molar-refractivity contribution in [2.24, 2.45) is 0 Å². The molecule has 25 heavy (non-hydrogen) atoms. The first kappa shape index (κ1) is 17.8. The Hall–Kier alpha value is -2.03. The van der Waals surface area contributed by atoms with Crippen molar-refractivity contribution in [2.45, 2.75) is 70.1 Å². The second kappa shape index (κ2) is 7.07. The molecule has 0 bridgehead atoms. The van der Waals surface area contributed by atoms with E-state index in [1.54, 1.807) is 0 Å². The lowest BCUT2D eigenvalue weighted by molar-refractivity contribution is -0.138. The predicted octanol–water partition coefficient (Wildman–Crippen LogP) is 5.70. The zero-order valence-corrected chi connectivity index (χ0v) is 15.4. The minimum atomic E-state index is -0.702. The smallest absolute Gasteiger partial charge is 0.304 e. The number of aromatic nitrogens is 1. The van der Waals surface area contributed by atoms with Crippen LogP contribution < -0.4 is 0 Å². The molecule has 1 aromatic heterocycles. The Morgan fingerprint density at radius 3 is 2.88 bits per heavy atom. The second-order valence-corrected chi connectivity index (χ2v) is 7.41. The van der Waals surface area contributed by atoms with Crippen molar-refractivity contribution >= 4 is 16.9 Å². The fourth-order valence-electron chi connectivity index (χ4n) is 4.71. The highest BCUT2D eigenvalue weighted by Crippen LogP contribution is 2.50. The third-order valence-electron chi connectivity index (χ3n) is 6.14. The van der Waals surface area contributed by atoms with Gasteiger partial charge in [-0.3, -0.25) is 4.79 Å². The molecule has 0 saturated carbocycles. The van der Waals surface area contributed by atoms with Gasteiger partial charge in [-0.25, -0.2) is 0 Å². The highest BCUT2D eigenvalue weighted by atomic mass is 16.4. The van der Waals surface area contributed by atoms with Crippen LogP contribution in [0.25, 0.3) is 10.9 Å². The number of benzene rings is 1. The molecule has 3 heteroatoms. The molecule has 2 aromatic rings. The van der Waals surface area contributed by atoms with Crippen molar-refractivity contribution in [1.82, 2.24) is 4.98 Å². The number of carboxylic acid groups (broad SMARTS) is 1. The molecular weight excluding hydrogens is 310 g/mol. The number of carbonyl (C=O) groups is 1. The fourth-order valence-corrected chi connectivity index (χ4v) is 4.71. The number of H-pyrrole nitrogens is 1. The zero-order valence-electron chi connectivity index (χ0n) is 15.4. The SMILES string of the molecule is C=CCC[C@H]1CCC(CC)(CC(=O)O)c2[nH]c3c(CC)cccc3c21. The Balaban J connectivity index is 2.23. The van der Waals surface area contributed by atoms with Crippen LogP contribution in [0, 0.1) is 0 Å². The van der Waals surface area contributed by atoms with Crippen molar-refractivity contribution in [3.8, 4) is 0 Å². The summed E-state index contributed by atoms with van der Waals surface area (Å²) in [7, 11) is 0. The first-order chi connectivity index (χ1) is 12.1. The summed E-state index contributed by atoms with van der Waals surface area (Å²) in [6.07, 6.45) is 8.13. The van der Waals surface area contributed by atoms with E-state index in [-0.39, 0.29) is 11.8 Å². The maximum absolute atomic E-state index is 11.6. The average Bonchev–Trinajstić information content (AvgIpc) is 3.01. The lowest BCUT2D eigenvalue weighted by Gasteiger charge is -2.39. The van der Waals surface area contributed by atoms with E-state index in [0.717, 1.165) is 38.5 Å². The molecule has 1 aliphatic carbocycles. The summed E-state index contributed by atoms with van der Waals surface area (Å²) >= 11 is 0. The van der Waals surface area contributed by atoms with Crippen LogP contribution in [0.2, 0.25) is 0 Å². The minimum Gasteiger partial charge on any atom is -0.481 e. The summed E-state index contributed by atoms with van der Waals surface area (Å²) in [5.41, 5.74) is 4.82. The minimum absolute atomic E-state index is 0.207. The number of para-hydroxylation sites is 1. The summed E-state index contributed by atoms with van der Waals surface area (Å²) < 4.78 is 0. The van der Waals surface area contributed by atoms with Gasteiger partial charge in [-0.15, -0.1) is 6.58 Å². The molecule has 0 amide bonds. The number of rotatable bonds is 7. The summed E-state index contributed by atoms with van der Waals surface area (Å²) in [5, 5.41) is 10.8. The third kappa shape index (κ3) is 3.01. The number of nitrogens with one attached hydrogen (secondary N) is 1. The number of carboxylic acids is 1. The first-order valence-corrected chi connectivity index (χ1v) is 9.53. The van der Waals surface area contributed by atoms with E-state index in [0.29, 0.717) is 5.92 Å². The largest absolute Gasteiger partial charge is 0.481 e. The number of aromatic amines is 1. The first-order valence-electron chi connectivity index (χ1n) is 9.53. The molecule has 3 rings (SSSR count). The van der Waals surface area contributed by atoms with Gasteiger partial charge >= 0.3 is 5.97 Å². The van der Waals surface area contributed by atoms with Crippen molar-refractivity contribution in [2.75, 3.05) is 0 Å². The Bertz CT molecular complexity index is 789. The third-order valence-corrected chi connectivity index (χ3v) is 6.14. The van der Waals surface area contributed by atoms with E-state index >= 15 is 0 Å². The Labute approximate surface area is 150 Å². The van der Waals surface area contributed by atoms with Gasteiger partial charge in [-0.05, 0) is 55.6 Å². The Kier molecular flexibility index (Phi) is 5.03. The summed E-state index contributed by atoms with van der Waals surface area (Å²) in [6, 6.07) is 6.52. The van der Waals surface area contributed by atoms with Gasteiger partial charge in [0, 0.05) is 22.0 Å². The fraction of sp³-hybridized carbons (Fsp3) is 0.500. The summed E-state index contributed by atoms with van der Waals surface area (Å²) in [4.78, 5) is 15.3. The molecule has 0 aliphatic heterocycles. The van der Waals surface area contributed by atoms with Gasteiger partial charge < -0.3 is 10.1 Å². The van der Waals surface area contributed by atoms with Gasteiger partial charge in [0.05, 0.1) is 6.42 Å². The molecule has 0 radical (unpaired) electrons. The number of fused-ring (bicyclic) bond motifs is 3. The molecule has 1 unspecified atom stereocenters. The molecule has 0 fully saturated rings. The molecule has 1 aliphatic rings. The van der Waals surface area contributed by atoms with E-state index in [1.165, 1.54) is 27.7 Å². The molecule has 2 N–H and O–H groups in total. The molecule has 134 valence electrons. The molecule has 0 spiro atoms. The van der Waals surface area contributed by atoms with E-state index in [1.807, 2.05) is 6.08 Å². The van der Waals surface area contributed by atoms with Gasteiger partial charge in [0.1, 0.15) is 0 Å². The van der Waals surface area contributed by atoms with Crippen molar-refractivity contribution in [3.63, 3.8) is 0 Å². The van der Waals surface area contributed by atoms with Gasteiger partial charge in [0.2, 0.25) is 0 Å². The van der Waals surface area contributed by atoms with Crippen molar-refractivity contribution in [3.05, 3.63) is 47.7 Å². The Morgan fingerprint density at radius 1 is 1.44 bits per heavy atom. The number of hydrogen-bond acceptors (Lipinski definition) is 1. The van der Waals surface area contributed by atoms with Crippen LogP contribution in [-0.2, 0) is 16.6 Å². The standard InChI is InChI=1S/C22H29NO2/c1-4-7-9-16-12-13-22(6-3,14-18(24)25)21-19(16)17-11-8-10-15(5-2)20(17)23-21/h4,8,10-11,16,23H,1,5-7,9,12-14H2,2-3H3,(H,24,25)/t16-,22?/m0/s1. The van der Waals surface area contributed by atoms with Gasteiger partial charge in [-0.2, -0.15) is 0 Å². The molecular formula is C22H29NO2. The highest BCUT2D eigenvalue weighted by molar-refractivity contribution is 5.89. The maximum Gasteiger partial charge on any atom is 0.304 e. The van der Waals surface area contributed by atoms with E-state index in [9.17, 15) is 9.90 Å². The average molecular weight is 339 g/mol. The van der Waals surface area contributed by atoms with Gasteiger partial charge in [-0.1, -0.05) is 38.1 Å². The Morgan fingerprint density at radius 2 is 2.24 bits per heavy atom. The van der Waals surface area contributed by atoms with Crippen LogP contribution in [-0.4, -0.2) is 16.1 Å². The van der Waals surface area contributed by atoms with Gasteiger partial charge in [0.15, 0.2) is 0 Å². The van der Waals surface area contributed by atoms with Crippen LogP contribution >= 0.6 is 0 Å². The second-order valence-electron chi connectivity index (χ2n) is 7.41. The van der Waals surface area contributed by atoms with E-state index < -0.39 is 5.97 Å². The molecule has 1 aromatic carbocycles. The quantitative estimate of drug-likeness (QED) is 0.636. The molecule has 0 saturated heterocycles. The number of aryl methyl sites for hydroxylation is 1. The molecule has 2 atom stereocenters. The van der Waals surface area contributed by atoms with E-state index in [4.69, 9.17) is 0 Å². The number of hydrogen-bond donors (Lipinski definition) is 2. The lowest BCUT2D eigenvalue weighted by Crippen LogP contribution is -2.34. The number of allylic oxidation sites excluding steroid dienone is 1.